The van der Waals surface area contributed by atoms with E-state index in [-0.39, 0.29) is 18.9 Å². The van der Waals surface area contributed by atoms with E-state index in [1.165, 1.54) is 0 Å². The number of aryl methyl sites for hydroxylation is 2. The van der Waals surface area contributed by atoms with Gasteiger partial charge in [0.1, 0.15) is 5.75 Å². The van der Waals surface area contributed by atoms with Crippen molar-refractivity contribution in [1.82, 2.24) is 15.8 Å². The smallest absolute Gasteiger partial charge is 0.276 e. The molecule has 3 aromatic rings. The molecule has 0 atom stereocenters. The van der Waals surface area contributed by atoms with E-state index in [0.717, 1.165) is 27.6 Å². The van der Waals surface area contributed by atoms with E-state index in [0.29, 0.717) is 5.75 Å². The molecular formula is C20H21N3O3. The number of aromatic amines is 1. The predicted octanol–water partition coefficient (Wildman–Crippen LogP) is 2.55. The van der Waals surface area contributed by atoms with Gasteiger partial charge in [-0.1, -0.05) is 35.9 Å². The minimum absolute atomic E-state index is 0.169. The van der Waals surface area contributed by atoms with E-state index < -0.39 is 5.91 Å². The Kier molecular flexibility index (Phi) is 5.22. The van der Waals surface area contributed by atoms with Gasteiger partial charge in [-0.05, 0) is 37.1 Å². The average Bonchev–Trinajstić information content (AvgIpc) is 3.02. The van der Waals surface area contributed by atoms with Crippen molar-refractivity contribution in [3.8, 4) is 5.75 Å². The molecule has 0 spiro atoms. The maximum Gasteiger partial charge on any atom is 0.276 e. The van der Waals surface area contributed by atoms with E-state index in [2.05, 4.69) is 15.8 Å². The first-order chi connectivity index (χ1) is 12.5. The zero-order chi connectivity index (χ0) is 18.5. The van der Waals surface area contributed by atoms with E-state index in [4.69, 9.17) is 4.74 Å². The Hall–Kier alpha value is -3.28. The van der Waals surface area contributed by atoms with Crippen LogP contribution in [0.3, 0.4) is 0 Å². The number of fused-ring (bicyclic) bond motifs is 1. The maximum absolute atomic E-state index is 12.0. The van der Waals surface area contributed by atoms with Crippen molar-refractivity contribution in [2.45, 2.75) is 20.3 Å². The molecule has 2 aromatic carbocycles. The fourth-order valence-electron chi connectivity index (χ4n) is 2.78. The van der Waals surface area contributed by atoms with Crippen LogP contribution in [0.15, 0.2) is 48.7 Å². The number of carbonyl (C=O) groups excluding carboxylic acids is 2. The number of carbonyl (C=O) groups is 2. The molecule has 26 heavy (non-hydrogen) atoms. The highest BCUT2D eigenvalue weighted by molar-refractivity contribution is 5.89. The monoisotopic (exact) mass is 351 g/mol. The van der Waals surface area contributed by atoms with Gasteiger partial charge in [0.2, 0.25) is 5.91 Å². The average molecular weight is 351 g/mol. The normalized spacial score (nSPS) is 10.5. The SMILES string of the molecule is Cc1ccc(OCC(=O)NNC(=O)Cc2c[nH]c3ccccc23)c(C)c1. The number of benzene rings is 2. The summed E-state index contributed by atoms with van der Waals surface area (Å²) in [6.07, 6.45) is 1.97. The van der Waals surface area contributed by atoms with Crippen molar-refractivity contribution < 1.29 is 14.3 Å². The second kappa shape index (κ2) is 7.74. The fourth-order valence-corrected chi connectivity index (χ4v) is 2.78. The van der Waals surface area contributed by atoms with Gasteiger partial charge in [-0.15, -0.1) is 0 Å². The van der Waals surface area contributed by atoms with Crippen molar-refractivity contribution in [3.05, 3.63) is 65.4 Å². The molecule has 0 fully saturated rings. The van der Waals surface area contributed by atoms with Crippen molar-refractivity contribution in [1.29, 1.82) is 0 Å². The molecule has 3 rings (SSSR count). The Morgan fingerprint density at radius 2 is 1.81 bits per heavy atom. The third-order valence-electron chi connectivity index (χ3n) is 4.06. The number of amides is 2. The standard InChI is InChI=1S/C20H21N3O3/c1-13-7-8-18(14(2)9-13)26-12-20(25)23-22-19(24)10-15-11-21-17-6-4-3-5-16(15)17/h3-9,11,21H,10,12H2,1-2H3,(H,22,24)(H,23,25). The lowest BCUT2D eigenvalue weighted by molar-refractivity contribution is -0.129. The zero-order valence-corrected chi connectivity index (χ0v) is 14.8. The number of hydrazine groups is 1. The first kappa shape index (κ1) is 17.5. The summed E-state index contributed by atoms with van der Waals surface area (Å²) in [5.41, 5.74) is 8.72. The number of hydrogen-bond acceptors (Lipinski definition) is 3. The Morgan fingerprint density at radius 1 is 1.04 bits per heavy atom. The second-order valence-corrected chi connectivity index (χ2v) is 6.19. The summed E-state index contributed by atoms with van der Waals surface area (Å²) in [5.74, 6) is -0.0669. The highest BCUT2D eigenvalue weighted by Gasteiger charge is 2.10. The molecule has 3 N–H and O–H groups in total. The summed E-state index contributed by atoms with van der Waals surface area (Å²) in [5, 5.41) is 0.993. The third kappa shape index (κ3) is 4.22. The van der Waals surface area contributed by atoms with E-state index in [9.17, 15) is 9.59 Å². The van der Waals surface area contributed by atoms with Crippen molar-refractivity contribution in [2.24, 2.45) is 0 Å². The van der Waals surface area contributed by atoms with E-state index >= 15 is 0 Å². The predicted molar refractivity (Wildman–Crippen MR) is 99.7 cm³/mol. The molecule has 0 saturated carbocycles. The molecule has 1 heterocycles. The van der Waals surface area contributed by atoms with Crippen molar-refractivity contribution >= 4 is 22.7 Å². The fraction of sp³-hybridized carbons (Fsp3) is 0.200. The molecule has 6 heteroatoms. The summed E-state index contributed by atoms with van der Waals surface area (Å²) in [4.78, 5) is 27.0. The molecule has 6 nitrogen and oxygen atoms in total. The van der Waals surface area contributed by atoms with Crippen LogP contribution in [0.2, 0.25) is 0 Å². The topological polar surface area (TPSA) is 83.2 Å². The Bertz CT molecular complexity index is 946. The van der Waals surface area contributed by atoms with Crippen LogP contribution >= 0.6 is 0 Å². The van der Waals surface area contributed by atoms with Gasteiger partial charge in [0, 0.05) is 17.1 Å². The summed E-state index contributed by atoms with van der Waals surface area (Å²) in [6, 6.07) is 13.5. The zero-order valence-electron chi connectivity index (χ0n) is 14.8. The summed E-state index contributed by atoms with van der Waals surface area (Å²) in [6.45, 7) is 3.74. The van der Waals surface area contributed by atoms with Gasteiger partial charge < -0.3 is 9.72 Å². The molecule has 0 radical (unpaired) electrons. The second-order valence-electron chi connectivity index (χ2n) is 6.19. The van der Waals surface area contributed by atoms with Gasteiger partial charge in [0.25, 0.3) is 5.91 Å². The van der Waals surface area contributed by atoms with Crippen LogP contribution in [0.4, 0.5) is 0 Å². The lowest BCUT2D eigenvalue weighted by Gasteiger charge is -2.10. The van der Waals surface area contributed by atoms with Crippen LogP contribution in [0, 0.1) is 13.8 Å². The summed E-state index contributed by atoms with van der Waals surface area (Å²) in [7, 11) is 0. The van der Waals surface area contributed by atoms with Gasteiger partial charge >= 0.3 is 0 Å². The lowest BCUT2D eigenvalue weighted by atomic mass is 10.1. The molecule has 2 amide bonds. The van der Waals surface area contributed by atoms with Gasteiger partial charge in [-0.25, -0.2) is 0 Å². The van der Waals surface area contributed by atoms with Crippen molar-refractivity contribution in [3.63, 3.8) is 0 Å². The minimum Gasteiger partial charge on any atom is -0.483 e. The van der Waals surface area contributed by atoms with Crippen LogP contribution in [0.5, 0.6) is 5.75 Å². The van der Waals surface area contributed by atoms with Gasteiger partial charge in [0.15, 0.2) is 6.61 Å². The number of para-hydroxylation sites is 1. The summed E-state index contributed by atoms with van der Waals surface area (Å²) >= 11 is 0. The highest BCUT2D eigenvalue weighted by Crippen LogP contribution is 2.19. The van der Waals surface area contributed by atoms with Crippen LogP contribution in [0.25, 0.3) is 10.9 Å². The van der Waals surface area contributed by atoms with Crippen LogP contribution in [-0.4, -0.2) is 23.4 Å². The Morgan fingerprint density at radius 3 is 2.62 bits per heavy atom. The van der Waals surface area contributed by atoms with E-state index in [1.54, 1.807) is 6.20 Å². The number of aromatic nitrogens is 1. The van der Waals surface area contributed by atoms with Crippen molar-refractivity contribution in [2.75, 3.05) is 6.61 Å². The number of nitrogens with one attached hydrogen (secondary N) is 3. The Balaban J connectivity index is 1.47. The number of H-pyrrole nitrogens is 1. The highest BCUT2D eigenvalue weighted by atomic mass is 16.5. The largest absolute Gasteiger partial charge is 0.483 e. The molecule has 0 aliphatic carbocycles. The van der Waals surface area contributed by atoms with Gasteiger partial charge in [-0.2, -0.15) is 0 Å². The van der Waals surface area contributed by atoms with Crippen LogP contribution < -0.4 is 15.6 Å². The number of ether oxygens (including phenoxy) is 1. The minimum atomic E-state index is -0.419. The molecule has 0 aliphatic rings. The number of rotatable bonds is 5. The molecule has 0 aliphatic heterocycles. The summed E-state index contributed by atoms with van der Waals surface area (Å²) < 4.78 is 5.48. The van der Waals surface area contributed by atoms with Gasteiger partial charge in [-0.3, -0.25) is 20.4 Å². The third-order valence-corrected chi connectivity index (χ3v) is 4.06. The lowest BCUT2D eigenvalue weighted by Crippen LogP contribution is -2.44. The molecule has 0 bridgehead atoms. The first-order valence-corrected chi connectivity index (χ1v) is 8.35. The molecule has 1 aromatic heterocycles. The van der Waals surface area contributed by atoms with E-state index in [1.807, 2.05) is 56.3 Å². The number of hydrogen-bond donors (Lipinski definition) is 3. The first-order valence-electron chi connectivity index (χ1n) is 8.35. The Labute approximate surface area is 151 Å². The van der Waals surface area contributed by atoms with Gasteiger partial charge in [0.05, 0.1) is 6.42 Å². The molecule has 0 saturated heterocycles. The van der Waals surface area contributed by atoms with Crippen LogP contribution in [-0.2, 0) is 16.0 Å². The van der Waals surface area contributed by atoms with Crippen LogP contribution in [0.1, 0.15) is 16.7 Å². The molecule has 0 unspecified atom stereocenters. The quantitative estimate of drug-likeness (QED) is 0.618. The molecule has 134 valence electrons. The maximum atomic E-state index is 12.0. The molecular weight excluding hydrogens is 330 g/mol.